The molecule has 1 aliphatic carbocycles. The number of aliphatic hydroxyl groups excluding tert-OH is 1. The van der Waals surface area contributed by atoms with Crippen molar-refractivity contribution in [1.29, 1.82) is 0 Å². The van der Waals surface area contributed by atoms with E-state index in [-0.39, 0.29) is 6.10 Å². The third kappa shape index (κ3) is 2.38. The SMILES string of the molecule is NCCc1ccnn1C1CCC(O)CC1. The fourth-order valence-corrected chi connectivity index (χ4v) is 2.32. The Morgan fingerprint density at radius 2 is 2.13 bits per heavy atom. The van der Waals surface area contributed by atoms with Gasteiger partial charge in [0.15, 0.2) is 0 Å². The highest BCUT2D eigenvalue weighted by molar-refractivity contribution is 5.03. The van der Waals surface area contributed by atoms with Crippen LogP contribution in [0.4, 0.5) is 0 Å². The van der Waals surface area contributed by atoms with E-state index in [0.29, 0.717) is 12.6 Å². The molecule has 0 aromatic carbocycles. The Bertz CT molecular complexity index is 303. The van der Waals surface area contributed by atoms with Crippen molar-refractivity contribution in [2.75, 3.05) is 6.54 Å². The molecule has 0 saturated heterocycles. The highest BCUT2D eigenvalue weighted by Crippen LogP contribution is 2.28. The van der Waals surface area contributed by atoms with Crippen LogP contribution in [0.2, 0.25) is 0 Å². The maximum atomic E-state index is 9.45. The molecule has 3 N–H and O–H groups in total. The van der Waals surface area contributed by atoms with Gasteiger partial charge in [-0.3, -0.25) is 4.68 Å². The molecule has 1 aliphatic rings. The molecule has 1 saturated carbocycles. The van der Waals surface area contributed by atoms with Crippen molar-refractivity contribution < 1.29 is 5.11 Å². The molecule has 1 aromatic heterocycles. The molecule has 15 heavy (non-hydrogen) atoms. The fraction of sp³-hybridized carbons (Fsp3) is 0.727. The summed E-state index contributed by atoms with van der Waals surface area (Å²) in [5.74, 6) is 0. The molecule has 0 atom stereocenters. The normalized spacial score (nSPS) is 26.8. The molecule has 0 amide bonds. The average molecular weight is 209 g/mol. The summed E-state index contributed by atoms with van der Waals surface area (Å²) in [6.07, 6.45) is 6.48. The quantitative estimate of drug-likeness (QED) is 0.776. The molecule has 4 nitrogen and oxygen atoms in total. The lowest BCUT2D eigenvalue weighted by Gasteiger charge is -2.27. The van der Waals surface area contributed by atoms with E-state index in [9.17, 15) is 5.11 Å². The van der Waals surface area contributed by atoms with Gasteiger partial charge >= 0.3 is 0 Å². The third-order valence-electron chi connectivity index (χ3n) is 3.16. The topological polar surface area (TPSA) is 64.1 Å². The van der Waals surface area contributed by atoms with Gasteiger partial charge in [-0.2, -0.15) is 5.10 Å². The van der Waals surface area contributed by atoms with Crippen molar-refractivity contribution in [3.8, 4) is 0 Å². The van der Waals surface area contributed by atoms with Crippen LogP contribution in [0.3, 0.4) is 0 Å². The number of nitrogens with two attached hydrogens (primary N) is 1. The van der Waals surface area contributed by atoms with Gasteiger partial charge in [0.1, 0.15) is 0 Å². The molecule has 1 heterocycles. The lowest BCUT2D eigenvalue weighted by molar-refractivity contribution is 0.107. The van der Waals surface area contributed by atoms with Gasteiger partial charge in [0.2, 0.25) is 0 Å². The molecule has 1 aromatic rings. The van der Waals surface area contributed by atoms with E-state index in [1.54, 1.807) is 0 Å². The Morgan fingerprint density at radius 1 is 1.40 bits per heavy atom. The molecular weight excluding hydrogens is 190 g/mol. The number of aromatic nitrogens is 2. The summed E-state index contributed by atoms with van der Waals surface area (Å²) in [4.78, 5) is 0. The van der Waals surface area contributed by atoms with E-state index in [1.165, 1.54) is 5.69 Å². The Kier molecular flexibility index (Phi) is 3.38. The van der Waals surface area contributed by atoms with Crippen molar-refractivity contribution in [2.24, 2.45) is 5.73 Å². The zero-order valence-corrected chi connectivity index (χ0v) is 8.97. The largest absolute Gasteiger partial charge is 0.393 e. The summed E-state index contributed by atoms with van der Waals surface area (Å²) in [6.45, 7) is 0.668. The Labute approximate surface area is 90.1 Å². The van der Waals surface area contributed by atoms with Crippen molar-refractivity contribution in [1.82, 2.24) is 9.78 Å². The van der Waals surface area contributed by atoms with Crippen LogP contribution in [0, 0.1) is 0 Å². The van der Waals surface area contributed by atoms with Gasteiger partial charge in [0.05, 0.1) is 12.1 Å². The van der Waals surface area contributed by atoms with Crippen LogP contribution in [0.15, 0.2) is 12.3 Å². The molecule has 0 radical (unpaired) electrons. The van der Waals surface area contributed by atoms with E-state index in [1.807, 2.05) is 12.3 Å². The first-order chi connectivity index (χ1) is 7.31. The number of hydrogen-bond donors (Lipinski definition) is 2. The van der Waals surface area contributed by atoms with Crippen molar-refractivity contribution in [3.63, 3.8) is 0 Å². The molecule has 0 spiro atoms. The minimum Gasteiger partial charge on any atom is -0.393 e. The molecular formula is C11H19N3O. The van der Waals surface area contributed by atoms with Crippen molar-refractivity contribution >= 4 is 0 Å². The van der Waals surface area contributed by atoms with Gasteiger partial charge < -0.3 is 10.8 Å². The Hall–Kier alpha value is -0.870. The van der Waals surface area contributed by atoms with Crippen LogP contribution >= 0.6 is 0 Å². The zero-order chi connectivity index (χ0) is 10.7. The Balaban J connectivity index is 2.05. The summed E-state index contributed by atoms with van der Waals surface area (Å²) in [6, 6.07) is 2.50. The number of nitrogens with zero attached hydrogens (tertiary/aromatic N) is 2. The molecule has 4 heteroatoms. The molecule has 1 fully saturated rings. The summed E-state index contributed by atoms with van der Waals surface area (Å²) >= 11 is 0. The standard InChI is InChI=1S/C11H19N3O/c12-7-5-10-6-8-13-14(10)9-1-3-11(15)4-2-9/h6,8-9,11,15H,1-5,7,12H2. The van der Waals surface area contributed by atoms with E-state index < -0.39 is 0 Å². The fourth-order valence-electron chi connectivity index (χ4n) is 2.32. The lowest BCUT2D eigenvalue weighted by Crippen LogP contribution is -2.23. The second-order valence-corrected chi connectivity index (χ2v) is 4.27. The second-order valence-electron chi connectivity index (χ2n) is 4.27. The van der Waals surface area contributed by atoms with Gasteiger partial charge in [0, 0.05) is 18.3 Å². The van der Waals surface area contributed by atoms with Crippen LogP contribution in [0.1, 0.15) is 37.4 Å². The summed E-state index contributed by atoms with van der Waals surface area (Å²) in [5.41, 5.74) is 6.78. The number of rotatable bonds is 3. The lowest BCUT2D eigenvalue weighted by atomic mass is 9.93. The predicted octanol–water partition coefficient (Wildman–Crippen LogP) is 0.860. The first kappa shape index (κ1) is 10.6. The van der Waals surface area contributed by atoms with Crippen LogP contribution in [-0.4, -0.2) is 27.5 Å². The average Bonchev–Trinajstić information content (AvgIpc) is 2.68. The minimum atomic E-state index is -0.102. The molecule has 0 bridgehead atoms. The van der Waals surface area contributed by atoms with Gasteiger partial charge in [-0.25, -0.2) is 0 Å². The third-order valence-corrected chi connectivity index (χ3v) is 3.16. The maximum Gasteiger partial charge on any atom is 0.0541 e. The first-order valence-corrected chi connectivity index (χ1v) is 5.72. The Morgan fingerprint density at radius 3 is 2.80 bits per heavy atom. The summed E-state index contributed by atoms with van der Waals surface area (Å²) < 4.78 is 2.10. The first-order valence-electron chi connectivity index (χ1n) is 5.72. The second kappa shape index (κ2) is 4.77. The smallest absolute Gasteiger partial charge is 0.0541 e. The number of aliphatic hydroxyl groups is 1. The molecule has 2 rings (SSSR count). The summed E-state index contributed by atoms with van der Waals surface area (Å²) in [7, 11) is 0. The van der Waals surface area contributed by atoms with Gasteiger partial charge in [-0.1, -0.05) is 0 Å². The van der Waals surface area contributed by atoms with Crippen LogP contribution in [-0.2, 0) is 6.42 Å². The van der Waals surface area contributed by atoms with Gasteiger partial charge in [-0.05, 0) is 38.3 Å². The molecule has 0 unspecified atom stereocenters. The highest BCUT2D eigenvalue weighted by atomic mass is 16.3. The minimum absolute atomic E-state index is 0.102. The van der Waals surface area contributed by atoms with Crippen molar-refractivity contribution in [3.05, 3.63) is 18.0 Å². The van der Waals surface area contributed by atoms with E-state index in [0.717, 1.165) is 32.1 Å². The van der Waals surface area contributed by atoms with Gasteiger partial charge in [-0.15, -0.1) is 0 Å². The van der Waals surface area contributed by atoms with Crippen LogP contribution in [0.25, 0.3) is 0 Å². The molecule has 84 valence electrons. The van der Waals surface area contributed by atoms with Crippen LogP contribution in [0.5, 0.6) is 0 Å². The predicted molar refractivity (Wildman–Crippen MR) is 58.5 cm³/mol. The van der Waals surface area contributed by atoms with E-state index >= 15 is 0 Å². The maximum absolute atomic E-state index is 9.45. The zero-order valence-electron chi connectivity index (χ0n) is 8.97. The summed E-state index contributed by atoms with van der Waals surface area (Å²) in [5, 5.41) is 13.8. The van der Waals surface area contributed by atoms with E-state index in [2.05, 4.69) is 9.78 Å². The number of hydrogen-bond acceptors (Lipinski definition) is 3. The van der Waals surface area contributed by atoms with Gasteiger partial charge in [0.25, 0.3) is 0 Å². The molecule has 0 aliphatic heterocycles. The van der Waals surface area contributed by atoms with E-state index in [4.69, 9.17) is 5.73 Å². The van der Waals surface area contributed by atoms with Crippen LogP contribution < -0.4 is 5.73 Å². The monoisotopic (exact) mass is 209 g/mol. The highest BCUT2D eigenvalue weighted by Gasteiger charge is 2.22. The van der Waals surface area contributed by atoms with Crippen molar-refractivity contribution in [2.45, 2.75) is 44.2 Å².